The predicted molar refractivity (Wildman–Crippen MR) is 76.2 cm³/mol. The van der Waals surface area contributed by atoms with E-state index in [0.29, 0.717) is 17.1 Å². The second-order valence-corrected chi connectivity index (χ2v) is 4.19. The number of carbonyl (C=O) groups excluding carboxylic acids is 1. The van der Waals surface area contributed by atoms with E-state index in [1.54, 1.807) is 42.5 Å². The standard InChI is InChI=1S/C16H14O5/c17-11-12-4-3-5-13(10-12)20-8-9-21-15-7-2-1-6-14(15)16(18)19/h1-7,10-11H,8-9H2,(H,18,19). The van der Waals surface area contributed by atoms with Gasteiger partial charge in [-0.3, -0.25) is 4.79 Å². The summed E-state index contributed by atoms with van der Waals surface area (Å²) in [5.41, 5.74) is 0.644. The minimum Gasteiger partial charge on any atom is -0.490 e. The maximum absolute atomic E-state index is 11.0. The fourth-order valence-corrected chi connectivity index (χ4v) is 1.76. The van der Waals surface area contributed by atoms with Crippen molar-refractivity contribution in [2.45, 2.75) is 0 Å². The lowest BCUT2D eigenvalue weighted by Crippen LogP contribution is -2.11. The molecule has 0 saturated heterocycles. The lowest BCUT2D eigenvalue weighted by Gasteiger charge is -2.10. The van der Waals surface area contributed by atoms with Gasteiger partial charge in [-0.15, -0.1) is 0 Å². The number of benzene rings is 2. The first-order chi connectivity index (χ1) is 10.2. The minimum absolute atomic E-state index is 0.112. The van der Waals surface area contributed by atoms with Crippen molar-refractivity contribution in [2.75, 3.05) is 13.2 Å². The number of aromatic carboxylic acids is 1. The number of rotatable bonds is 7. The number of aldehydes is 1. The first kappa shape index (κ1) is 14.6. The molecule has 0 aliphatic heterocycles. The van der Waals surface area contributed by atoms with Gasteiger partial charge in [0.25, 0.3) is 0 Å². The first-order valence-electron chi connectivity index (χ1n) is 6.34. The highest BCUT2D eigenvalue weighted by atomic mass is 16.5. The van der Waals surface area contributed by atoms with Crippen LogP contribution in [0.1, 0.15) is 20.7 Å². The van der Waals surface area contributed by atoms with Gasteiger partial charge < -0.3 is 14.6 Å². The molecule has 0 radical (unpaired) electrons. The normalized spacial score (nSPS) is 9.90. The number of para-hydroxylation sites is 1. The number of hydrogen-bond donors (Lipinski definition) is 1. The molecule has 2 aromatic carbocycles. The molecule has 0 saturated carbocycles. The van der Waals surface area contributed by atoms with Crippen LogP contribution in [0.25, 0.3) is 0 Å². The van der Waals surface area contributed by atoms with Gasteiger partial charge in [0, 0.05) is 5.56 Å². The van der Waals surface area contributed by atoms with Crippen molar-refractivity contribution in [3.8, 4) is 11.5 Å². The van der Waals surface area contributed by atoms with Crippen molar-refractivity contribution in [3.05, 3.63) is 59.7 Å². The predicted octanol–water partition coefficient (Wildman–Crippen LogP) is 2.66. The van der Waals surface area contributed by atoms with Crippen LogP contribution in [0.2, 0.25) is 0 Å². The van der Waals surface area contributed by atoms with Gasteiger partial charge in [0.15, 0.2) is 0 Å². The molecule has 1 N–H and O–H groups in total. The van der Waals surface area contributed by atoms with Gasteiger partial charge in [0.05, 0.1) is 0 Å². The van der Waals surface area contributed by atoms with E-state index in [9.17, 15) is 9.59 Å². The average molecular weight is 286 g/mol. The Kier molecular flexibility index (Phi) is 4.93. The summed E-state index contributed by atoms with van der Waals surface area (Å²) in [6.45, 7) is 0.450. The Morgan fingerprint density at radius 2 is 1.81 bits per heavy atom. The maximum Gasteiger partial charge on any atom is 0.339 e. The van der Waals surface area contributed by atoms with Crippen LogP contribution in [0.5, 0.6) is 11.5 Å². The number of carbonyl (C=O) groups is 2. The molecule has 2 aromatic rings. The van der Waals surface area contributed by atoms with E-state index >= 15 is 0 Å². The molecule has 0 unspecified atom stereocenters. The van der Waals surface area contributed by atoms with Crippen molar-refractivity contribution in [1.82, 2.24) is 0 Å². The number of hydrogen-bond acceptors (Lipinski definition) is 4. The first-order valence-corrected chi connectivity index (χ1v) is 6.34. The number of carboxylic acids is 1. The Balaban J connectivity index is 1.87. The summed E-state index contributed by atoms with van der Waals surface area (Å²) in [5.74, 6) is -0.171. The van der Waals surface area contributed by atoms with Gasteiger partial charge in [0.1, 0.15) is 36.6 Å². The molecule has 5 nitrogen and oxygen atoms in total. The molecule has 0 amide bonds. The molecule has 21 heavy (non-hydrogen) atoms. The Labute approximate surface area is 121 Å². The zero-order valence-electron chi connectivity index (χ0n) is 11.2. The Hall–Kier alpha value is -2.82. The van der Waals surface area contributed by atoms with Crippen molar-refractivity contribution < 1.29 is 24.2 Å². The van der Waals surface area contributed by atoms with Gasteiger partial charge in [0.2, 0.25) is 0 Å². The van der Waals surface area contributed by atoms with Crippen LogP contribution in [0.4, 0.5) is 0 Å². The second kappa shape index (κ2) is 7.09. The highest BCUT2D eigenvalue weighted by Crippen LogP contribution is 2.18. The van der Waals surface area contributed by atoms with Crippen LogP contribution in [-0.2, 0) is 0 Å². The van der Waals surface area contributed by atoms with Crippen molar-refractivity contribution in [1.29, 1.82) is 0 Å². The molecule has 0 atom stereocenters. The molecular formula is C16H14O5. The number of ether oxygens (including phenoxy) is 2. The molecule has 0 fully saturated rings. The Morgan fingerprint density at radius 3 is 2.57 bits per heavy atom. The molecule has 2 rings (SSSR count). The van der Waals surface area contributed by atoms with E-state index in [4.69, 9.17) is 14.6 Å². The molecular weight excluding hydrogens is 272 g/mol. The summed E-state index contributed by atoms with van der Waals surface area (Å²) in [6, 6.07) is 13.2. The summed E-state index contributed by atoms with van der Waals surface area (Å²) in [6.07, 6.45) is 0.743. The highest BCUT2D eigenvalue weighted by Gasteiger charge is 2.09. The van der Waals surface area contributed by atoms with E-state index in [0.717, 1.165) is 6.29 Å². The van der Waals surface area contributed by atoms with Crippen molar-refractivity contribution in [3.63, 3.8) is 0 Å². The third-order valence-corrected chi connectivity index (χ3v) is 2.72. The fraction of sp³-hybridized carbons (Fsp3) is 0.125. The quantitative estimate of drug-likeness (QED) is 0.625. The monoisotopic (exact) mass is 286 g/mol. The molecule has 0 heterocycles. The van der Waals surface area contributed by atoms with Gasteiger partial charge >= 0.3 is 5.97 Å². The van der Waals surface area contributed by atoms with Crippen LogP contribution < -0.4 is 9.47 Å². The SMILES string of the molecule is O=Cc1cccc(OCCOc2ccccc2C(=O)O)c1. The van der Waals surface area contributed by atoms with Crippen LogP contribution in [0.15, 0.2) is 48.5 Å². The van der Waals surface area contributed by atoms with E-state index in [1.807, 2.05) is 0 Å². The topological polar surface area (TPSA) is 72.8 Å². The van der Waals surface area contributed by atoms with Gasteiger partial charge in [-0.1, -0.05) is 24.3 Å². The maximum atomic E-state index is 11.0. The minimum atomic E-state index is -1.04. The zero-order chi connectivity index (χ0) is 15.1. The molecule has 108 valence electrons. The largest absolute Gasteiger partial charge is 0.490 e. The lowest BCUT2D eigenvalue weighted by atomic mass is 10.2. The van der Waals surface area contributed by atoms with E-state index < -0.39 is 5.97 Å². The van der Waals surface area contributed by atoms with Gasteiger partial charge in [-0.2, -0.15) is 0 Å². The van der Waals surface area contributed by atoms with E-state index in [1.165, 1.54) is 6.07 Å². The molecule has 0 aliphatic carbocycles. The van der Waals surface area contributed by atoms with Crippen molar-refractivity contribution in [2.24, 2.45) is 0 Å². The highest BCUT2D eigenvalue weighted by molar-refractivity contribution is 5.90. The van der Waals surface area contributed by atoms with Crippen LogP contribution in [0, 0.1) is 0 Å². The lowest BCUT2D eigenvalue weighted by molar-refractivity contribution is 0.0691. The third-order valence-electron chi connectivity index (χ3n) is 2.72. The Morgan fingerprint density at radius 1 is 1.05 bits per heavy atom. The zero-order valence-corrected chi connectivity index (χ0v) is 11.2. The van der Waals surface area contributed by atoms with E-state index in [2.05, 4.69) is 0 Å². The Bertz CT molecular complexity index is 636. The average Bonchev–Trinajstić information content (AvgIpc) is 2.52. The third kappa shape index (κ3) is 4.07. The van der Waals surface area contributed by atoms with Crippen molar-refractivity contribution >= 4 is 12.3 Å². The van der Waals surface area contributed by atoms with E-state index in [-0.39, 0.29) is 18.8 Å². The number of carboxylic acid groups (broad SMARTS) is 1. The molecule has 0 bridgehead atoms. The molecule has 0 aromatic heterocycles. The second-order valence-electron chi connectivity index (χ2n) is 4.19. The van der Waals surface area contributed by atoms with Crippen LogP contribution >= 0.6 is 0 Å². The van der Waals surface area contributed by atoms with Crippen LogP contribution in [-0.4, -0.2) is 30.6 Å². The smallest absolute Gasteiger partial charge is 0.339 e. The van der Waals surface area contributed by atoms with Crippen LogP contribution in [0.3, 0.4) is 0 Å². The summed E-state index contributed by atoms with van der Waals surface area (Å²) in [4.78, 5) is 21.6. The molecule has 0 aliphatic rings. The summed E-state index contributed by atoms with van der Waals surface area (Å²) >= 11 is 0. The van der Waals surface area contributed by atoms with Gasteiger partial charge in [-0.25, -0.2) is 4.79 Å². The summed E-state index contributed by atoms with van der Waals surface area (Å²) in [7, 11) is 0. The fourth-order valence-electron chi connectivity index (χ4n) is 1.76. The summed E-state index contributed by atoms with van der Waals surface area (Å²) < 4.78 is 10.8. The van der Waals surface area contributed by atoms with Gasteiger partial charge in [-0.05, 0) is 24.3 Å². The molecule has 0 spiro atoms. The summed E-state index contributed by atoms with van der Waals surface area (Å²) in [5, 5.41) is 9.01. The molecule has 5 heteroatoms.